The van der Waals surface area contributed by atoms with E-state index in [1.807, 2.05) is 12.1 Å². The third-order valence-corrected chi connectivity index (χ3v) is 7.72. The highest BCUT2D eigenvalue weighted by Crippen LogP contribution is 2.34. The molecular weight excluding hydrogens is 534 g/mol. The summed E-state index contributed by atoms with van der Waals surface area (Å²) in [4.78, 5) is 38.8. The number of anilines is 1. The average Bonchev–Trinajstić information content (AvgIpc) is 2.95. The molecule has 2 unspecified atom stereocenters. The van der Waals surface area contributed by atoms with Crippen molar-refractivity contribution < 1.29 is 24.2 Å². The lowest BCUT2D eigenvalue weighted by Gasteiger charge is -2.29. The first-order valence-corrected chi connectivity index (χ1v) is 13.8. The Labute approximate surface area is 236 Å². The van der Waals surface area contributed by atoms with E-state index in [9.17, 15) is 19.5 Å². The topological polar surface area (TPSA) is 133 Å². The van der Waals surface area contributed by atoms with Gasteiger partial charge in [0.2, 0.25) is 11.8 Å². The summed E-state index contributed by atoms with van der Waals surface area (Å²) in [5, 5.41) is 13.3. The van der Waals surface area contributed by atoms with Crippen molar-refractivity contribution in [2.75, 3.05) is 18.5 Å². The second-order valence-corrected chi connectivity index (χ2v) is 10.7. The fraction of sp³-hybridized carbons (Fsp3) is 0.367. The number of hydrogen-bond acceptors (Lipinski definition) is 6. The van der Waals surface area contributed by atoms with Gasteiger partial charge in [-0.1, -0.05) is 17.7 Å². The zero-order valence-corrected chi connectivity index (χ0v) is 22.7. The van der Waals surface area contributed by atoms with Crippen molar-refractivity contribution in [3.8, 4) is 11.1 Å². The zero-order valence-electron chi connectivity index (χ0n) is 22.0. The van der Waals surface area contributed by atoms with E-state index in [-0.39, 0.29) is 30.8 Å². The number of carbonyl (C=O) groups is 2. The van der Waals surface area contributed by atoms with Crippen molar-refractivity contribution in [2.24, 2.45) is 5.73 Å². The molecule has 3 heterocycles. The highest BCUT2D eigenvalue weighted by atomic mass is 35.5. The minimum atomic E-state index is -0.866. The number of rotatable bonds is 7. The molecule has 1 saturated heterocycles. The summed E-state index contributed by atoms with van der Waals surface area (Å²) in [5.74, 6) is -0.947. The van der Waals surface area contributed by atoms with E-state index in [1.54, 1.807) is 24.4 Å². The molecule has 5 rings (SSSR count). The van der Waals surface area contributed by atoms with Gasteiger partial charge in [-0.2, -0.15) is 0 Å². The molecule has 210 valence electrons. The first-order chi connectivity index (χ1) is 19.3. The van der Waals surface area contributed by atoms with Crippen molar-refractivity contribution in [3.63, 3.8) is 0 Å². The van der Waals surface area contributed by atoms with Crippen LogP contribution < -0.4 is 16.6 Å². The molecule has 0 spiro atoms. The minimum absolute atomic E-state index is 0.148. The summed E-state index contributed by atoms with van der Waals surface area (Å²) in [6.45, 7) is 0.603. The van der Waals surface area contributed by atoms with Crippen LogP contribution in [0.1, 0.15) is 53.2 Å². The smallest absolute Gasteiger partial charge is 0.251 e. The highest BCUT2D eigenvalue weighted by Gasteiger charge is 2.29. The Bertz CT molecular complexity index is 1450. The van der Waals surface area contributed by atoms with Gasteiger partial charge in [0.05, 0.1) is 25.4 Å². The molecule has 10 heteroatoms. The van der Waals surface area contributed by atoms with Crippen molar-refractivity contribution in [1.29, 1.82) is 0 Å². The lowest BCUT2D eigenvalue weighted by molar-refractivity contribution is -0.121. The van der Waals surface area contributed by atoms with Gasteiger partial charge in [-0.3, -0.25) is 14.4 Å². The lowest BCUT2D eigenvalue weighted by Crippen LogP contribution is -2.37. The molecule has 0 saturated carbocycles. The SMILES string of the molecule is NC(=O)c1ccc(NC(=O)C(C[C@@H]2CCCCO2)n2cc3c(cc2=O)-c2cc(Cl)ccc2CC(CO)OC3)cc1. The van der Waals surface area contributed by atoms with Crippen LogP contribution in [0.5, 0.6) is 0 Å². The number of benzene rings is 2. The van der Waals surface area contributed by atoms with Gasteiger partial charge in [-0.05, 0) is 72.4 Å². The van der Waals surface area contributed by atoms with Gasteiger partial charge in [-0.15, -0.1) is 0 Å². The van der Waals surface area contributed by atoms with Gasteiger partial charge in [0, 0.05) is 53.5 Å². The maximum atomic E-state index is 13.7. The Morgan fingerprint density at radius 3 is 2.52 bits per heavy atom. The van der Waals surface area contributed by atoms with Crippen LogP contribution in [0, 0.1) is 0 Å². The third kappa shape index (κ3) is 6.28. The van der Waals surface area contributed by atoms with E-state index in [0.717, 1.165) is 30.4 Å². The number of aliphatic hydroxyl groups excluding tert-OH is 1. The second-order valence-electron chi connectivity index (χ2n) is 10.2. The zero-order chi connectivity index (χ0) is 28.2. The second kappa shape index (κ2) is 12.3. The number of ether oxygens (including phenoxy) is 2. The fourth-order valence-electron chi connectivity index (χ4n) is 5.34. The summed E-state index contributed by atoms with van der Waals surface area (Å²) in [6.07, 6.45) is 4.60. The predicted octanol–water partition coefficient (Wildman–Crippen LogP) is 3.84. The monoisotopic (exact) mass is 565 g/mol. The number of aliphatic hydroxyl groups is 1. The number of fused-ring (bicyclic) bond motifs is 3. The number of hydrogen-bond donors (Lipinski definition) is 3. The summed E-state index contributed by atoms with van der Waals surface area (Å²) < 4.78 is 13.4. The molecule has 3 aromatic rings. The van der Waals surface area contributed by atoms with Gasteiger partial charge in [0.1, 0.15) is 6.04 Å². The van der Waals surface area contributed by atoms with Gasteiger partial charge < -0.3 is 30.2 Å². The third-order valence-electron chi connectivity index (χ3n) is 7.49. The van der Waals surface area contributed by atoms with Crippen LogP contribution in [-0.2, 0) is 27.3 Å². The van der Waals surface area contributed by atoms with Crippen LogP contribution >= 0.6 is 11.6 Å². The Balaban J connectivity index is 1.53. The Kier molecular flexibility index (Phi) is 8.66. The number of carbonyl (C=O) groups excluding carboxylic acids is 2. The van der Waals surface area contributed by atoms with Gasteiger partial charge in [0.25, 0.3) is 5.56 Å². The van der Waals surface area contributed by atoms with Crippen molar-refractivity contribution in [1.82, 2.24) is 4.57 Å². The van der Waals surface area contributed by atoms with Crippen LogP contribution in [0.25, 0.3) is 11.1 Å². The largest absolute Gasteiger partial charge is 0.394 e. The Morgan fingerprint density at radius 2 is 1.82 bits per heavy atom. The van der Waals surface area contributed by atoms with Gasteiger partial charge >= 0.3 is 0 Å². The standard InChI is InChI=1S/C30H32ClN3O6/c31-21-7-4-19-11-24(16-35)40-17-20-15-34(28(36)14-26(20)25(19)12-21)27(13-23-3-1-2-10-39-23)30(38)33-22-8-5-18(6-9-22)29(32)37/h4-9,12,14-15,23-24,27,35H,1-3,10-11,13,16-17H2,(H2,32,37)(H,33,38)/t23-,24?,27?/m0/s1. The van der Waals surface area contributed by atoms with Gasteiger partial charge in [0.15, 0.2) is 0 Å². The lowest BCUT2D eigenvalue weighted by atomic mass is 9.92. The normalized spacial score (nSPS) is 19.4. The molecule has 40 heavy (non-hydrogen) atoms. The summed E-state index contributed by atoms with van der Waals surface area (Å²) in [5.41, 5.74) is 8.89. The van der Waals surface area contributed by atoms with Crippen molar-refractivity contribution in [3.05, 3.63) is 86.8 Å². The molecule has 0 aliphatic carbocycles. The van der Waals surface area contributed by atoms with E-state index in [4.69, 9.17) is 26.8 Å². The first kappa shape index (κ1) is 28.0. The quantitative estimate of drug-likeness (QED) is 0.399. The molecule has 0 bridgehead atoms. The summed E-state index contributed by atoms with van der Waals surface area (Å²) in [6, 6.07) is 12.4. The molecule has 2 aliphatic heterocycles. The maximum absolute atomic E-state index is 13.7. The molecule has 4 N–H and O–H groups in total. The van der Waals surface area contributed by atoms with E-state index in [2.05, 4.69) is 5.32 Å². The average molecular weight is 566 g/mol. The van der Waals surface area contributed by atoms with Crippen LogP contribution in [0.2, 0.25) is 5.02 Å². The molecule has 2 aliphatic rings. The number of primary amides is 1. The summed E-state index contributed by atoms with van der Waals surface area (Å²) >= 11 is 6.33. The molecule has 1 fully saturated rings. The molecule has 2 aromatic carbocycles. The van der Waals surface area contributed by atoms with E-state index in [1.165, 1.54) is 22.8 Å². The first-order valence-electron chi connectivity index (χ1n) is 13.4. The molecule has 3 atom stereocenters. The van der Waals surface area contributed by atoms with Gasteiger partial charge in [-0.25, -0.2) is 0 Å². The van der Waals surface area contributed by atoms with E-state index < -0.39 is 18.1 Å². The molecule has 1 aromatic heterocycles. The number of nitrogens with zero attached hydrogens (tertiary/aromatic N) is 1. The van der Waals surface area contributed by atoms with Crippen molar-refractivity contribution >= 4 is 29.1 Å². The molecule has 9 nitrogen and oxygen atoms in total. The van der Waals surface area contributed by atoms with Crippen LogP contribution in [-0.4, -0.2) is 46.9 Å². The van der Waals surface area contributed by atoms with Crippen LogP contribution in [0.4, 0.5) is 5.69 Å². The highest BCUT2D eigenvalue weighted by molar-refractivity contribution is 6.30. The number of amides is 2. The Hall–Kier alpha value is -3.50. The van der Waals surface area contributed by atoms with Crippen LogP contribution in [0.15, 0.2) is 59.5 Å². The molecule has 2 amide bonds. The van der Waals surface area contributed by atoms with Crippen LogP contribution in [0.3, 0.4) is 0 Å². The molecule has 0 radical (unpaired) electrons. The summed E-state index contributed by atoms with van der Waals surface area (Å²) in [7, 11) is 0. The number of pyridine rings is 1. The Morgan fingerprint density at radius 1 is 1.05 bits per heavy atom. The number of nitrogens with two attached hydrogens (primary N) is 1. The molecular formula is C30H32ClN3O6. The number of halogens is 1. The van der Waals surface area contributed by atoms with E-state index in [0.29, 0.717) is 46.8 Å². The maximum Gasteiger partial charge on any atom is 0.251 e. The minimum Gasteiger partial charge on any atom is -0.394 e. The van der Waals surface area contributed by atoms with E-state index >= 15 is 0 Å². The predicted molar refractivity (Wildman–Crippen MR) is 151 cm³/mol. The fourth-order valence-corrected chi connectivity index (χ4v) is 5.51. The number of aromatic nitrogens is 1. The number of nitrogens with one attached hydrogen (secondary N) is 1. The van der Waals surface area contributed by atoms with Crippen molar-refractivity contribution in [2.45, 2.75) is 57.0 Å².